The van der Waals surface area contributed by atoms with Gasteiger partial charge in [0.05, 0.1) is 24.6 Å². The number of anilines is 1. The molecule has 0 aliphatic heterocycles. The first-order valence-electron chi connectivity index (χ1n) is 11.7. The summed E-state index contributed by atoms with van der Waals surface area (Å²) < 4.78 is 41.6. The van der Waals surface area contributed by atoms with Crippen molar-refractivity contribution in [3.63, 3.8) is 0 Å². The molecule has 0 aliphatic carbocycles. The molecule has 204 valence electrons. The Morgan fingerprint density at radius 3 is 2.29 bits per heavy atom. The molecule has 0 saturated heterocycles. The van der Waals surface area contributed by atoms with E-state index in [2.05, 4.69) is 15.5 Å². The minimum Gasteiger partial charge on any atom is -0.465 e. The second-order valence-corrected chi connectivity index (χ2v) is 12.0. The molecule has 0 unspecified atom stereocenters. The van der Waals surface area contributed by atoms with Crippen LogP contribution >= 0.6 is 0 Å². The second kappa shape index (κ2) is 10.8. The third-order valence-electron chi connectivity index (χ3n) is 5.52. The molecule has 2 aromatic carbocycles. The van der Waals surface area contributed by atoms with E-state index >= 15 is 0 Å². The van der Waals surface area contributed by atoms with Crippen molar-refractivity contribution >= 4 is 27.8 Å². The molecule has 1 heterocycles. The fourth-order valence-electron chi connectivity index (χ4n) is 3.61. The number of rotatable bonds is 8. The zero-order valence-electron chi connectivity index (χ0n) is 22.4. The molecule has 0 fully saturated rings. The Balaban J connectivity index is 2.07. The van der Waals surface area contributed by atoms with Crippen LogP contribution in [0.25, 0.3) is 11.5 Å². The summed E-state index contributed by atoms with van der Waals surface area (Å²) in [7, 11) is -1.06. The maximum absolute atomic E-state index is 12.7. The Bertz CT molecular complexity index is 1410. The van der Waals surface area contributed by atoms with Crippen molar-refractivity contribution in [2.24, 2.45) is 0 Å². The van der Waals surface area contributed by atoms with E-state index < -0.39 is 33.2 Å². The van der Waals surface area contributed by atoms with Crippen LogP contribution in [-0.4, -0.2) is 56.7 Å². The average molecular weight is 545 g/mol. The number of nitrogens with one attached hydrogen (secondary N) is 1. The van der Waals surface area contributed by atoms with Crippen LogP contribution < -0.4 is 9.62 Å². The number of methoxy groups -OCH3 is 1. The lowest BCUT2D eigenvalue weighted by Crippen LogP contribution is -2.47. The summed E-state index contributed by atoms with van der Waals surface area (Å²) >= 11 is 0. The minimum atomic E-state index is -3.63. The van der Waals surface area contributed by atoms with Crippen LogP contribution in [-0.2, 0) is 31.5 Å². The van der Waals surface area contributed by atoms with Gasteiger partial charge in [-0.05, 0) is 51.5 Å². The Morgan fingerprint density at radius 1 is 1.05 bits per heavy atom. The number of hydrogen-bond donors (Lipinski definition) is 1. The number of ether oxygens (including phenoxy) is 2. The van der Waals surface area contributed by atoms with E-state index in [0.29, 0.717) is 6.42 Å². The number of sulfonamides is 1. The quantitative estimate of drug-likeness (QED) is 0.418. The van der Waals surface area contributed by atoms with E-state index in [-0.39, 0.29) is 28.6 Å². The number of alkyl carbamates (subject to hydrolysis) is 1. The first kappa shape index (κ1) is 28.6. The summed E-state index contributed by atoms with van der Waals surface area (Å²) in [4.78, 5) is 25.1. The first-order valence-corrected chi connectivity index (χ1v) is 13.5. The molecule has 1 amide bonds. The summed E-state index contributed by atoms with van der Waals surface area (Å²) in [5.41, 5.74) is -0.416. The van der Waals surface area contributed by atoms with Gasteiger partial charge in [-0.25, -0.2) is 18.0 Å². The van der Waals surface area contributed by atoms with Crippen LogP contribution in [0, 0.1) is 0 Å². The van der Waals surface area contributed by atoms with Crippen molar-refractivity contribution in [3.05, 3.63) is 65.5 Å². The lowest BCUT2D eigenvalue weighted by Gasteiger charge is -2.29. The van der Waals surface area contributed by atoms with Crippen LogP contribution in [0.3, 0.4) is 0 Å². The lowest BCUT2D eigenvalue weighted by atomic mass is 9.92. The fourth-order valence-corrected chi connectivity index (χ4v) is 4.10. The third kappa shape index (κ3) is 7.09. The summed E-state index contributed by atoms with van der Waals surface area (Å²) in [6, 6.07) is 13.8. The van der Waals surface area contributed by atoms with Gasteiger partial charge in [0.25, 0.3) is 0 Å². The van der Waals surface area contributed by atoms with E-state index in [4.69, 9.17) is 13.9 Å². The van der Waals surface area contributed by atoms with Crippen LogP contribution in [0.5, 0.6) is 0 Å². The van der Waals surface area contributed by atoms with E-state index in [1.54, 1.807) is 27.7 Å². The fraction of sp³-hybridized carbons (Fsp3) is 0.385. The standard InChI is InChI=1S/C26H32N4O7S/c1-25(2,3)37-24(32)27-26(4,16-17-11-9-8-10-12-17)23-29-28-21(36-23)18-13-19(22(31)35-6)15-20(14-18)30(5)38(7,33)34/h8-15H,16H2,1-7H3,(H,27,32)/t26-/m0/s1. The van der Waals surface area contributed by atoms with E-state index in [1.165, 1.54) is 32.4 Å². The summed E-state index contributed by atoms with van der Waals surface area (Å²) in [5, 5.41) is 11.2. The highest BCUT2D eigenvalue weighted by Gasteiger charge is 2.37. The molecule has 1 atom stereocenters. The van der Waals surface area contributed by atoms with Gasteiger partial charge in [-0.15, -0.1) is 10.2 Å². The molecular formula is C26H32N4O7S. The molecule has 3 rings (SSSR count). The minimum absolute atomic E-state index is 0.0131. The van der Waals surface area contributed by atoms with E-state index in [0.717, 1.165) is 16.1 Å². The average Bonchev–Trinajstić information content (AvgIpc) is 3.33. The molecule has 0 saturated carbocycles. The number of esters is 1. The highest BCUT2D eigenvalue weighted by Crippen LogP contribution is 2.31. The molecule has 0 radical (unpaired) electrons. The van der Waals surface area contributed by atoms with E-state index in [1.807, 2.05) is 30.3 Å². The second-order valence-electron chi connectivity index (χ2n) is 10.0. The number of amides is 1. The smallest absolute Gasteiger partial charge is 0.408 e. The molecule has 0 bridgehead atoms. The molecule has 0 spiro atoms. The van der Waals surface area contributed by atoms with Gasteiger partial charge in [0, 0.05) is 19.0 Å². The number of benzene rings is 2. The number of hydrogen-bond acceptors (Lipinski definition) is 9. The number of carbonyl (C=O) groups is 2. The summed E-state index contributed by atoms with van der Waals surface area (Å²) in [6.45, 7) is 7.00. The van der Waals surface area contributed by atoms with Crippen molar-refractivity contribution in [2.75, 3.05) is 24.7 Å². The van der Waals surface area contributed by atoms with Crippen LogP contribution in [0.2, 0.25) is 0 Å². The monoisotopic (exact) mass is 544 g/mol. The van der Waals surface area contributed by atoms with Gasteiger partial charge in [-0.3, -0.25) is 4.31 Å². The Hall–Kier alpha value is -3.93. The van der Waals surface area contributed by atoms with Gasteiger partial charge in [0.2, 0.25) is 21.8 Å². The predicted molar refractivity (Wildman–Crippen MR) is 141 cm³/mol. The predicted octanol–water partition coefficient (Wildman–Crippen LogP) is 3.90. The van der Waals surface area contributed by atoms with Crippen molar-refractivity contribution < 1.29 is 31.9 Å². The van der Waals surface area contributed by atoms with Crippen LogP contribution in [0.4, 0.5) is 10.5 Å². The van der Waals surface area contributed by atoms with Gasteiger partial charge in [-0.2, -0.15) is 0 Å². The van der Waals surface area contributed by atoms with Gasteiger partial charge < -0.3 is 19.2 Å². The van der Waals surface area contributed by atoms with Gasteiger partial charge in [0.1, 0.15) is 11.1 Å². The lowest BCUT2D eigenvalue weighted by molar-refractivity contribution is 0.0443. The van der Waals surface area contributed by atoms with Gasteiger partial charge in [0.15, 0.2) is 0 Å². The molecule has 1 N–H and O–H groups in total. The molecular weight excluding hydrogens is 512 g/mol. The number of aromatic nitrogens is 2. The molecule has 0 aliphatic rings. The molecule has 11 nitrogen and oxygen atoms in total. The molecule has 1 aromatic heterocycles. The molecule has 38 heavy (non-hydrogen) atoms. The Kier molecular flexibility index (Phi) is 8.15. The van der Waals surface area contributed by atoms with Crippen molar-refractivity contribution in [3.8, 4) is 11.5 Å². The zero-order valence-corrected chi connectivity index (χ0v) is 23.3. The molecule has 3 aromatic rings. The van der Waals surface area contributed by atoms with Crippen molar-refractivity contribution in [2.45, 2.75) is 45.3 Å². The normalized spacial score (nSPS) is 13.3. The number of nitrogens with zero attached hydrogens (tertiary/aromatic N) is 3. The van der Waals surface area contributed by atoms with Crippen molar-refractivity contribution in [1.82, 2.24) is 15.5 Å². The van der Waals surface area contributed by atoms with Crippen LogP contribution in [0.1, 0.15) is 49.5 Å². The largest absolute Gasteiger partial charge is 0.465 e. The highest BCUT2D eigenvalue weighted by molar-refractivity contribution is 7.92. The third-order valence-corrected chi connectivity index (χ3v) is 6.73. The zero-order chi connectivity index (χ0) is 28.3. The topological polar surface area (TPSA) is 141 Å². The SMILES string of the molecule is COC(=O)c1cc(-c2nnc([C@](C)(Cc3ccccc3)NC(=O)OC(C)(C)C)o2)cc(N(C)S(C)(=O)=O)c1. The van der Waals surface area contributed by atoms with Gasteiger partial charge in [-0.1, -0.05) is 30.3 Å². The maximum Gasteiger partial charge on any atom is 0.408 e. The summed E-state index contributed by atoms with van der Waals surface area (Å²) in [6.07, 6.45) is 0.680. The molecule has 12 heteroatoms. The maximum atomic E-state index is 12.7. The summed E-state index contributed by atoms with van der Waals surface area (Å²) in [5.74, 6) is -0.571. The first-order chi connectivity index (χ1) is 17.6. The Labute approximate surface area is 222 Å². The van der Waals surface area contributed by atoms with Crippen molar-refractivity contribution in [1.29, 1.82) is 0 Å². The van der Waals surface area contributed by atoms with E-state index in [9.17, 15) is 18.0 Å². The van der Waals surface area contributed by atoms with Gasteiger partial charge >= 0.3 is 12.1 Å². The highest BCUT2D eigenvalue weighted by atomic mass is 32.2. The Morgan fingerprint density at radius 2 is 1.71 bits per heavy atom. The number of carbonyl (C=O) groups excluding carboxylic acids is 2. The van der Waals surface area contributed by atoms with Crippen LogP contribution in [0.15, 0.2) is 52.9 Å².